The highest BCUT2D eigenvalue weighted by Gasteiger charge is 2.17. The van der Waals surface area contributed by atoms with E-state index in [1.54, 1.807) is 0 Å². The van der Waals surface area contributed by atoms with Crippen LogP contribution in [0.2, 0.25) is 0 Å². The van der Waals surface area contributed by atoms with E-state index in [0.717, 1.165) is 30.9 Å². The van der Waals surface area contributed by atoms with Gasteiger partial charge < -0.3 is 4.90 Å². The first-order valence-corrected chi connectivity index (χ1v) is 9.83. The van der Waals surface area contributed by atoms with Gasteiger partial charge in [-0.1, -0.05) is 54.6 Å². The van der Waals surface area contributed by atoms with Crippen LogP contribution in [0.25, 0.3) is 0 Å². The van der Waals surface area contributed by atoms with Gasteiger partial charge in [-0.15, -0.1) is 0 Å². The largest absolute Gasteiger partial charge is 0.370 e. The summed E-state index contributed by atoms with van der Waals surface area (Å²) >= 11 is 0. The molecule has 1 aliphatic rings. The van der Waals surface area contributed by atoms with Gasteiger partial charge in [-0.05, 0) is 61.1 Å². The highest BCUT2D eigenvalue weighted by Crippen LogP contribution is 2.33. The van der Waals surface area contributed by atoms with Gasteiger partial charge in [0.05, 0.1) is 17.1 Å². The Morgan fingerprint density at radius 1 is 0.704 bits per heavy atom. The van der Waals surface area contributed by atoms with E-state index < -0.39 is 0 Å². The zero-order valence-electron chi connectivity index (χ0n) is 15.7. The summed E-state index contributed by atoms with van der Waals surface area (Å²) in [5.74, 6) is 6.53. The summed E-state index contributed by atoms with van der Waals surface area (Å²) in [6.07, 6.45) is 4.78. The summed E-state index contributed by atoms with van der Waals surface area (Å²) in [6, 6.07) is 27.6. The lowest BCUT2D eigenvalue weighted by Gasteiger charge is -2.32. The summed E-state index contributed by atoms with van der Waals surface area (Å²) in [5.41, 5.74) is 5.92. The number of benzene rings is 3. The summed E-state index contributed by atoms with van der Waals surface area (Å²) in [4.78, 5) is 2.46. The van der Waals surface area contributed by atoms with E-state index in [2.05, 4.69) is 83.8 Å². The zero-order valence-corrected chi connectivity index (χ0v) is 15.7. The second-order valence-corrected chi connectivity index (χ2v) is 7.24. The summed E-state index contributed by atoms with van der Waals surface area (Å²) in [7, 11) is 0. The third kappa shape index (κ3) is 4.15. The first-order valence-electron chi connectivity index (χ1n) is 9.83. The van der Waals surface area contributed by atoms with Crippen molar-refractivity contribution in [1.82, 2.24) is 0 Å². The van der Waals surface area contributed by atoms with Crippen molar-refractivity contribution in [2.45, 2.75) is 25.7 Å². The number of hydrogen-bond donors (Lipinski definition) is 1. The van der Waals surface area contributed by atoms with Crippen molar-refractivity contribution in [2.75, 3.05) is 23.0 Å². The van der Waals surface area contributed by atoms with Crippen LogP contribution >= 0.6 is 0 Å². The van der Waals surface area contributed by atoms with Gasteiger partial charge in [-0.2, -0.15) is 0 Å². The molecule has 0 aliphatic carbocycles. The van der Waals surface area contributed by atoms with E-state index >= 15 is 0 Å². The molecule has 1 aliphatic heterocycles. The Balaban J connectivity index is 1.53. The van der Waals surface area contributed by atoms with E-state index in [4.69, 9.17) is 5.84 Å². The average Bonchev–Trinajstić information content (AvgIpc) is 2.75. The molecule has 3 aromatic rings. The molecule has 27 heavy (non-hydrogen) atoms. The molecule has 1 fully saturated rings. The Kier molecular flexibility index (Phi) is 5.40. The second kappa shape index (κ2) is 8.28. The van der Waals surface area contributed by atoms with E-state index in [-0.39, 0.29) is 0 Å². The molecule has 0 saturated carbocycles. The Morgan fingerprint density at radius 3 is 2.07 bits per heavy atom. The second-order valence-electron chi connectivity index (χ2n) is 7.24. The van der Waals surface area contributed by atoms with Gasteiger partial charge in [0.1, 0.15) is 0 Å². The van der Waals surface area contributed by atoms with E-state index in [1.807, 2.05) is 5.01 Å². The Bertz CT molecular complexity index is 852. The topological polar surface area (TPSA) is 32.5 Å². The fraction of sp³-hybridized carbons (Fsp3) is 0.250. The van der Waals surface area contributed by atoms with E-state index in [9.17, 15) is 0 Å². The molecule has 0 aromatic heterocycles. The number of piperidine rings is 1. The van der Waals surface area contributed by atoms with Crippen LogP contribution in [0, 0.1) is 0 Å². The van der Waals surface area contributed by atoms with Crippen LogP contribution in [0.5, 0.6) is 0 Å². The molecule has 0 unspecified atom stereocenters. The molecular weight excluding hydrogens is 330 g/mol. The number of nitrogens with zero attached hydrogens (tertiary/aromatic N) is 2. The minimum absolute atomic E-state index is 0.941. The van der Waals surface area contributed by atoms with Crippen molar-refractivity contribution < 1.29 is 0 Å². The molecule has 138 valence electrons. The van der Waals surface area contributed by atoms with Crippen LogP contribution in [0.15, 0.2) is 78.9 Å². The van der Waals surface area contributed by atoms with Gasteiger partial charge in [-0.25, -0.2) is 5.84 Å². The van der Waals surface area contributed by atoms with Gasteiger partial charge in [0.25, 0.3) is 0 Å². The van der Waals surface area contributed by atoms with Crippen LogP contribution in [0.3, 0.4) is 0 Å². The number of anilines is 3. The maximum atomic E-state index is 6.53. The van der Waals surface area contributed by atoms with Crippen LogP contribution < -0.4 is 15.8 Å². The number of nitrogens with two attached hydrogens (primary N) is 1. The quantitative estimate of drug-likeness (QED) is 0.498. The van der Waals surface area contributed by atoms with Gasteiger partial charge in [-0.3, -0.25) is 5.01 Å². The van der Waals surface area contributed by atoms with E-state index in [0.29, 0.717) is 0 Å². The van der Waals surface area contributed by atoms with Crippen LogP contribution in [-0.4, -0.2) is 13.1 Å². The molecule has 0 bridgehead atoms. The highest BCUT2D eigenvalue weighted by atomic mass is 15.4. The maximum Gasteiger partial charge on any atom is 0.0808 e. The van der Waals surface area contributed by atoms with Gasteiger partial charge >= 0.3 is 0 Å². The molecule has 3 aromatic carbocycles. The predicted molar refractivity (Wildman–Crippen MR) is 115 cm³/mol. The smallest absolute Gasteiger partial charge is 0.0808 e. The number of hydrogen-bond acceptors (Lipinski definition) is 3. The SMILES string of the molecule is NN(c1ccc(Cc2ccccc2)cc1)c1ccccc1N1CCCCC1. The van der Waals surface area contributed by atoms with Crippen molar-refractivity contribution in [1.29, 1.82) is 0 Å². The van der Waals surface area contributed by atoms with Crippen LogP contribution in [-0.2, 0) is 6.42 Å². The zero-order chi connectivity index (χ0) is 18.5. The standard InChI is InChI=1S/C24H27N3/c25-27(24-12-6-5-11-23(24)26-17-7-2-8-18-26)22-15-13-21(14-16-22)19-20-9-3-1-4-10-20/h1,3-6,9-16H,2,7-8,17-19,25H2. The van der Waals surface area contributed by atoms with Crippen molar-refractivity contribution in [2.24, 2.45) is 5.84 Å². The van der Waals surface area contributed by atoms with E-state index in [1.165, 1.54) is 36.1 Å². The lowest BCUT2D eigenvalue weighted by Crippen LogP contribution is -2.33. The number of rotatable bonds is 5. The lowest BCUT2D eigenvalue weighted by molar-refractivity contribution is 0.578. The van der Waals surface area contributed by atoms with Crippen molar-refractivity contribution >= 4 is 17.1 Å². The monoisotopic (exact) mass is 357 g/mol. The lowest BCUT2D eigenvalue weighted by atomic mass is 10.0. The van der Waals surface area contributed by atoms with Crippen molar-refractivity contribution in [3.05, 3.63) is 90.0 Å². The molecule has 1 saturated heterocycles. The van der Waals surface area contributed by atoms with Gasteiger partial charge in [0.2, 0.25) is 0 Å². The third-order valence-corrected chi connectivity index (χ3v) is 5.30. The molecule has 2 N–H and O–H groups in total. The molecule has 0 atom stereocenters. The Hall–Kier alpha value is -2.78. The third-order valence-electron chi connectivity index (χ3n) is 5.30. The molecule has 1 heterocycles. The van der Waals surface area contributed by atoms with Gasteiger partial charge in [0, 0.05) is 13.1 Å². The number of hydrazine groups is 1. The predicted octanol–water partition coefficient (Wildman–Crippen LogP) is 5.28. The van der Waals surface area contributed by atoms with Gasteiger partial charge in [0.15, 0.2) is 0 Å². The van der Waals surface area contributed by atoms with Crippen LogP contribution in [0.1, 0.15) is 30.4 Å². The minimum atomic E-state index is 0.941. The summed E-state index contributed by atoms with van der Waals surface area (Å²) in [5, 5.41) is 1.82. The molecule has 0 radical (unpaired) electrons. The Morgan fingerprint density at radius 2 is 1.33 bits per heavy atom. The average molecular weight is 358 g/mol. The normalized spacial score (nSPS) is 14.2. The number of para-hydroxylation sites is 2. The molecular formula is C24H27N3. The van der Waals surface area contributed by atoms with Crippen molar-refractivity contribution in [3.63, 3.8) is 0 Å². The first kappa shape index (κ1) is 17.6. The maximum absolute atomic E-state index is 6.53. The fourth-order valence-electron chi connectivity index (χ4n) is 3.82. The summed E-state index contributed by atoms with van der Waals surface area (Å²) < 4.78 is 0. The molecule has 0 spiro atoms. The molecule has 0 amide bonds. The van der Waals surface area contributed by atoms with Crippen LogP contribution in [0.4, 0.5) is 17.1 Å². The highest BCUT2D eigenvalue weighted by molar-refractivity contribution is 5.76. The fourth-order valence-corrected chi connectivity index (χ4v) is 3.82. The Labute approximate surface area is 162 Å². The first-order chi connectivity index (χ1) is 13.3. The molecule has 3 nitrogen and oxygen atoms in total. The summed E-state index contributed by atoms with van der Waals surface area (Å²) in [6.45, 7) is 2.22. The molecule has 3 heteroatoms. The molecule has 4 rings (SSSR count). The minimum Gasteiger partial charge on any atom is -0.370 e. The van der Waals surface area contributed by atoms with Crippen molar-refractivity contribution in [3.8, 4) is 0 Å².